The monoisotopic (exact) mass is 515 g/mol. The largest absolute Gasteiger partial charge is 0.356 e. The van der Waals surface area contributed by atoms with E-state index in [9.17, 15) is 4.79 Å². The van der Waals surface area contributed by atoms with Crippen LogP contribution in [0.1, 0.15) is 52.0 Å². The number of halogens is 1. The number of likely N-dealkylation sites (tertiary alicyclic amines) is 1. The van der Waals surface area contributed by atoms with Crippen molar-refractivity contribution in [3.05, 3.63) is 35.9 Å². The van der Waals surface area contributed by atoms with Gasteiger partial charge in [-0.05, 0) is 38.7 Å². The van der Waals surface area contributed by atoms with Gasteiger partial charge in [-0.1, -0.05) is 37.3 Å². The lowest BCUT2D eigenvalue weighted by molar-refractivity contribution is -0.121. The molecule has 0 bridgehead atoms. The molecule has 1 amide bonds. The minimum atomic E-state index is 0. The third-order valence-corrected chi connectivity index (χ3v) is 5.47. The fourth-order valence-electron chi connectivity index (χ4n) is 3.54. The van der Waals surface area contributed by atoms with Crippen molar-refractivity contribution in [3.8, 4) is 0 Å². The van der Waals surface area contributed by atoms with Gasteiger partial charge in [-0.2, -0.15) is 0 Å². The number of amides is 1. The van der Waals surface area contributed by atoms with Crippen molar-refractivity contribution in [2.75, 3.05) is 20.1 Å². The maximum absolute atomic E-state index is 11.9. The number of hydrogen-bond donors (Lipinski definition) is 3. The van der Waals surface area contributed by atoms with Crippen molar-refractivity contribution in [1.29, 1.82) is 0 Å². The SMILES string of the molecule is CCC(C)NC(=O)CCNC(=NC)NC1CCN(Cc2ccccc2)C(C)C1.I. The molecule has 0 spiro atoms. The number of nitrogens with zero attached hydrogens (tertiary/aromatic N) is 2. The molecule has 0 aromatic heterocycles. The first-order valence-electron chi connectivity index (χ1n) is 10.6. The Kier molecular flexibility index (Phi) is 12.2. The number of nitrogens with one attached hydrogen (secondary N) is 3. The summed E-state index contributed by atoms with van der Waals surface area (Å²) in [5.74, 6) is 0.866. The molecule has 2 rings (SSSR count). The van der Waals surface area contributed by atoms with Gasteiger partial charge in [0.1, 0.15) is 0 Å². The predicted octanol–water partition coefficient (Wildman–Crippen LogP) is 3.13. The van der Waals surface area contributed by atoms with Crippen molar-refractivity contribution in [2.45, 2.75) is 71.1 Å². The Morgan fingerprint density at radius 2 is 2.03 bits per heavy atom. The Morgan fingerprint density at radius 1 is 1.31 bits per heavy atom. The smallest absolute Gasteiger partial charge is 0.221 e. The minimum absolute atomic E-state index is 0. The second kappa shape index (κ2) is 13.8. The molecule has 6 nitrogen and oxygen atoms in total. The molecular formula is C22H38IN5O. The van der Waals surface area contributed by atoms with Gasteiger partial charge < -0.3 is 16.0 Å². The molecule has 164 valence electrons. The third kappa shape index (κ3) is 9.33. The van der Waals surface area contributed by atoms with E-state index in [4.69, 9.17) is 0 Å². The van der Waals surface area contributed by atoms with E-state index >= 15 is 0 Å². The normalized spacial score (nSPS) is 21.0. The Balaban J connectivity index is 0.00000420. The predicted molar refractivity (Wildman–Crippen MR) is 132 cm³/mol. The molecule has 7 heteroatoms. The van der Waals surface area contributed by atoms with Gasteiger partial charge in [0.2, 0.25) is 5.91 Å². The van der Waals surface area contributed by atoms with Crippen LogP contribution in [0.4, 0.5) is 0 Å². The van der Waals surface area contributed by atoms with Gasteiger partial charge in [-0.15, -0.1) is 24.0 Å². The minimum Gasteiger partial charge on any atom is -0.356 e. The molecule has 1 aromatic rings. The summed E-state index contributed by atoms with van der Waals surface area (Å²) < 4.78 is 0. The number of carbonyl (C=O) groups is 1. The summed E-state index contributed by atoms with van der Waals surface area (Å²) >= 11 is 0. The quantitative estimate of drug-likeness (QED) is 0.283. The first-order valence-corrected chi connectivity index (χ1v) is 10.6. The molecule has 1 fully saturated rings. The van der Waals surface area contributed by atoms with Gasteiger partial charge >= 0.3 is 0 Å². The van der Waals surface area contributed by atoms with Gasteiger partial charge in [0, 0.05) is 51.2 Å². The lowest BCUT2D eigenvalue weighted by atomic mass is 9.97. The van der Waals surface area contributed by atoms with Crippen molar-refractivity contribution in [2.24, 2.45) is 4.99 Å². The first kappa shape index (κ1) is 25.7. The van der Waals surface area contributed by atoms with Gasteiger partial charge in [-0.3, -0.25) is 14.7 Å². The van der Waals surface area contributed by atoms with Crippen molar-refractivity contribution < 1.29 is 4.79 Å². The van der Waals surface area contributed by atoms with E-state index in [0.29, 0.717) is 25.0 Å². The zero-order valence-corrected chi connectivity index (χ0v) is 20.6. The zero-order chi connectivity index (χ0) is 20.4. The average Bonchev–Trinajstić information content (AvgIpc) is 2.69. The summed E-state index contributed by atoms with van der Waals surface area (Å²) in [6, 6.07) is 11.8. The highest BCUT2D eigenvalue weighted by molar-refractivity contribution is 14.0. The lowest BCUT2D eigenvalue weighted by Crippen LogP contribution is -2.51. The van der Waals surface area contributed by atoms with Crippen LogP contribution in [0.2, 0.25) is 0 Å². The molecule has 0 radical (unpaired) electrons. The molecule has 1 heterocycles. The Labute approximate surface area is 193 Å². The van der Waals surface area contributed by atoms with E-state index < -0.39 is 0 Å². The molecule has 3 atom stereocenters. The van der Waals surface area contributed by atoms with Crippen LogP contribution < -0.4 is 16.0 Å². The van der Waals surface area contributed by atoms with E-state index in [2.05, 4.69) is 70.0 Å². The molecule has 3 N–H and O–H groups in total. The van der Waals surface area contributed by atoms with Gasteiger partial charge in [0.05, 0.1) is 0 Å². The number of hydrogen-bond acceptors (Lipinski definition) is 3. The van der Waals surface area contributed by atoms with E-state index in [1.807, 2.05) is 6.92 Å². The zero-order valence-electron chi connectivity index (χ0n) is 18.3. The second-order valence-electron chi connectivity index (χ2n) is 7.80. The van der Waals surface area contributed by atoms with Crippen LogP contribution in [0.25, 0.3) is 0 Å². The molecular weight excluding hydrogens is 477 g/mol. The number of carbonyl (C=O) groups excluding carboxylic acids is 1. The maximum Gasteiger partial charge on any atom is 0.221 e. The van der Waals surface area contributed by atoms with E-state index in [-0.39, 0.29) is 35.9 Å². The standard InChI is InChI=1S/C22H37N5O.HI/c1-5-17(2)25-21(28)11-13-24-22(23-4)26-20-12-14-27(18(3)15-20)16-19-9-7-6-8-10-19;/h6-10,17-18,20H,5,11-16H2,1-4H3,(H,25,28)(H2,23,24,26);1H. The Bertz CT molecular complexity index is 625. The van der Waals surface area contributed by atoms with Gasteiger partial charge in [0.15, 0.2) is 5.96 Å². The number of aliphatic imine (C=N–C) groups is 1. The van der Waals surface area contributed by atoms with Crippen molar-refractivity contribution in [1.82, 2.24) is 20.9 Å². The molecule has 0 saturated carbocycles. The van der Waals surface area contributed by atoms with E-state index in [1.165, 1.54) is 5.56 Å². The van der Waals surface area contributed by atoms with Crippen LogP contribution in [-0.2, 0) is 11.3 Å². The highest BCUT2D eigenvalue weighted by Crippen LogP contribution is 2.19. The summed E-state index contributed by atoms with van der Waals surface area (Å²) in [5, 5.41) is 9.78. The number of rotatable bonds is 8. The second-order valence-corrected chi connectivity index (χ2v) is 7.80. The van der Waals surface area contributed by atoms with Crippen molar-refractivity contribution >= 4 is 35.8 Å². The highest BCUT2D eigenvalue weighted by atomic mass is 127. The molecule has 0 aliphatic carbocycles. The molecule has 1 aliphatic rings. The third-order valence-electron chi connectivity index (χ3n) is 5.47. The average molecular weight is 515 g/mol. The first-order chi connectivity index (χ1) is 13.5. The van der Waals surface area contributed by atoms with Crippen LogP contribution in [0, 0.1) is 0 Å². The summed E-state index contributed by atoms with van der Waals surface area (Å²) in [6.45, 7) is 9.06. The van der Waals surface area contributed by atoms with Crippen LogP contribution in [0.3, 0.4) is 0 Å². The molecule has 1 aromatic carbocycles. The van der Waals surface area contributed by atoms with Crippen LogP contribution in [-0.4, -0.2) is 55.0 Å². The van der Waals surface area contributed by atoms with Crippen LogP contribution in [0.5, 0.6) is 0 Å². The number of piperidine rings is 1. The fourth-order valence-corrected chi connectivity index (χ4v) is 3.54. The topological polar surface area (TPSA) is 68.8 Å². The summed E-state index contributed by atoms with van der Waals surface area (Å²) in [7, 11) is 1.78. The van der Waals surface area contributed by atoms with E-state index in [0.717, 1.165) is 38.3 Å². The lowest BCUT2D eigenvalue weighted by Gasteiger charge is -2.38. The Hall–Kier alpha value is -1.35. The van der Waals surface area contributed by atoms with Gasteiger partial charge in [0.25, 0.3) is 0 Å². The fraction of sp³-hybridized carbons (Fsp3) is 0.636. The molecule has 3 unspecified atom stereocenters. The van der Waals surface area contributed by atoms with Crippen LogP contribution in [0.15, 0.2) is 35.3 Å². The molecule has 1 saturated heterocycles. The highest BCUT2D eigenvalue weighted by Gasteiger charge is 2.25. The van der Waals surface area contributed by atoms with Crippen molar-refractivity contribution in [3.63, 3.8) is 0 Å². The van der Waals surface area contributed by atoms with E-state index in [1.54, 1.807) is 7.05 Å². The van der Waals surface area contributed by atoms with Crippen LogP contribution >= 0.6 is 24.0 Å². The van der Waals surface area contributed by atoms with Gasteiger partial charge in [-0.25, -0.2) is 0 Å². The maximum atomic E-state index is 11.9. The number of benzene rings is 1. The summed E-state index contributed by atoms with van der Waals surface area (Å²) in [5.41, 5.74) is 1.37. The number of guanidine groups is 1. The molecule has 29 heavy (non-hydrogen) atoms. The summed E-state index contributed by atoms with van der Waals surface area (Å²) in [4.78, 5) is 18.7. The summed E-state index contributed by atoms with van der Waals surface area (Å²) in [6.07, 6.45) is 3.58. The molecule has 1 aliphatic heterocycles. The Morgan fingerprint density at radius 3 is 2.66 bits per heavy atom.